The molecule has 0 unspecified atom stereocenters. The van der Waals surface area contributed by atoms with E-state index in [1.807, 2.05) is 6.92 Å². The predicted octanol–water partition coefficient (Wildman–Crippen LogP) is -4.61. The van der Waals surface area contributed by atoms with Gasteiger partial charge in [0, 0.05) is 13.1 Å². The SMILES string of the molecule is Cc1ncc(C[n+]2csc(C)c2C)c(N)n1.[Cl-].[Cl-]. The minimum absolute atomic E-state index is 0. The number of hydrogen-bond acceptors (Lipinski definition) is 4. The summed E-state index contributed by atoms with van der Waals surface area (Å²) in [6.07, 6.45) is 1.80. The van der Waals surface area contributed by atoms with Gasteiger partial charge in [-0.1, -0.05) is 11.3 Å². The number of aryl methyl sites for hydroxylation is 2. The van der Waals surface area contributed by atoms with Gasteiger partial charge in [0.15, 0.2) is 12.2 Å². The molecule has 0 amide bonds. The van der Waals surface area contributed by atoms with Crippen LogP contribution in [0, 0.1) is 20.8 Å². The lowest BCUT2D eigenvalue weighted by Gasteiger charge is -2.01. The van der Waals surface area contributed by atoms with Crippen molar-refractivity contribution in [3.63, 3.8) is 0 Å². The maximum Gasteiger partial charge on any atom is 0.225 e. The zero-order valence-electron chi connectivity index (χ0n) is 10.4. The second-order valence-corrected chi connectivity index (χ2v) is 4.88. The summed E-state index contributed by atoms with van der Waals surface area (Å²) in [6.45, 7) is 6.80. The van der Waals surface area contributed by atoms with E-state index in [0.717, 1.165) is 12.1 Å². The molecule has 0 spiro atoms. The van der Waals surface area contributed by atoms with Crippen molar-refractivity contribution < 1.29 is 29.4 Å². The highest BCUT2D eigenvalue weighted by atomic mass is 35.5. The molecule has 2 N–H and O–H groups in total. The molecule has 2 aromatic rings. The molecule has 4 nitrogen and oxygen atoms in total. The molecule has 0 radical (unpaired) electrons. The lowest BCUT2D eigenvalue weighted by molar-refractivity contribution is -0.689. The molecule has 18 heavy (non-hydrogen) atoms. The van der Waals surface area contributed by atoms with Crippen molar-refractivity contribution in [2.75, 3.05) is 5.73 Å². The van der Waals surface area contributed by atoms with E-state index < -0.39 is 0 Å². The van der Waals surface area contributed by atoms with Crippen LogP contribution < -0.4 is 35.1 Å². The fourth-order valence-electron chi connectivity index (χ4n) is 1.48. The van der Waals surface area contributed by atoms with Crippen LogP contribution in [0.2, 0.25) is 0 Å². The largest absolute Gasteiger partial charge is 1.00 e. The first kappa shape index (κ1) is 17.1. The van der Waals surface area contributed by atoms with Gasteiger partial charge in [-0.05, 0) is 13.8 Å². The Labute approximate surface area is 123 Å². The Balaban J connectivity index is 0.00000144. The molecular formula is C11H15Cl2N4S-. The number of aromatic nitrogens is 3. The Kier molecular flexibility index (Phi) is 6.52. The van der Waals surface area contributed by atoms with Gasteiger partial charge in [0.1, 0.15) is 11.6 Å². The molecule has 0 aliphatic heterocycles. The number of halogens is 2. The van der Waals surface area contributed by atoms with Crippen molar-refractivity contribution in [3.8, 4) is 0 Å². The van der Waals surface area contributed by atoms with Crippen LogP contribution in [0.5, 0.6) is 0 Å². The van der Waals surface area contributed by atoms with Crippen LogP contribution in [0.3, 0.4) is 0 Å². The minimum Gasteiger partial charge on any atom is -1.00 e. The molecule has 0 aromatic carbocycles. The van der Waals surface area contributed by atoms with Gasteiger partial charge in [0.2, 0.25) is 5.51 Å². The highest BCUT2D eigenvalue weighted by Crippen LogP contribution is 2.11. The van der Waals surface area contributed by atoms with E-state index in [-0.39, 0.29) is 24.8 Å². The topological polar surface area (TPSA) is 55.7 Å². The molecule has 2 heterocycles. The predicted molar refractivity (Wildman–Crippen MR) is 64.3 cm³/mol. The minimum atomic E-state index is 0. The second kappa shape index (κ2) is 6.87. The van der Waals surface area contributed by atoms with Gasteiger partial charge in [0.05, 0.1) is 10.4 Å². The Morgan fingerprint density at radius 1 is 1.28 bits per heavy atom. The van der Waals surface area contributed by atoms with Gasteiger partial charge in [-0.15, -0.1) is 0 Å². The first-order chi connectivity index (χ1) is 7.58. The maximum absolute atomic E-state index is 5.87. The third kappa shape index (κ3) is 3.54. The molecule has 0 saturated carbocycles. The van der Waals surface area contributed by atoms with Crippen LogP contribution in [0.1, 0.15) is 22.0 Å². The van der Waals surface area contributed by atoms with Crippen LogP contribution in [0.15, 0.2) is 11.7 Å². The van der Waals surface area contributed by atoms with E-state index >= 15 is 0 Å². The van der Waals surface area contributed by atoms with Gasteiger partial charge >= 0.3 is 0 Å². The quantitative estimate of drug-likeness (QED) is 0.568. The van der Waals surface area contributed by atoms with E-state index in [1.165, 1.54) is 10.6 Å². The third-order valence-electron chi connectivity index (χ3n) is 2.66. The number of nitrogen functional groups attached to an aromatic ring is 1. The first-order valence-electron chi connectivity index (χ1n) is 5.10. The van der Waals surface area contributed by atoms with Crippen molar-refractivity contribution in [1.29, 1.82) is 0 Å². The number of rotatable bonds is 2. The second-order valence-electron chi connectivity index (χ2n) is 3.82. The summed E-state index contributed by atoms with van der Waals surface area (Å²) in [4.78, 5) is 9.66. The van der Waals surface area contributed by atoms with Crippen LogP contribution >= 0.6 is 11.3 Å². The molecule has 0 fully saturated rings. The molecule has 2 aromatic heterocycles. The zero-order chi connectivity index (χ0) is 11.7. The normalized spacial score (nSPS) is 9.50. The number of thiazole rings is 1. The molecule has 100 valence electrons. The maximum atomic E-state index is 5.87. The van der Waals surface area contributed by atoms with Gasteiger partial charge in [-0.25, -0.2) is 9.97 Å². The lowest BCUT2D eigenvalue weighted by Crippen LogP contribution is -3.00. The summed E-state index contributed by atoms with van der Waals surface area (Å²) in [5.74, 6) is 1.28. The fourth-order valence-corrected chi connectivity index (χ4v) is 2.29. The fraction of sp³-hybridized carbons (Fsp3) is 0.364. The molecule has 7 heteroatoms. The average molecular weight is 306 g/mol. The summed E-state index contributed by atoms with van der Waals surface area (Å²) < 4.78 is 2.17. The molecular weight excluding hydrogens is 291 g/mol. The Morgan fingerprint density at radius 2 is 1.94 bits per heavy atom. The first-order valence-corrected chi connectivity index (χ1v) is 5.98. The van der Waals surface area contributed by atoms with E-state index in [4.69, 9.17) is 5.73 Å². The van der Waals surface area contributed by atoms with Gasteiger partial charge in [-0.2, -0.15) is 4.57 Å². The van der Waals surface area contributed by atoms with E-state index in [0.29, 0.717) is 11.6 Å². The molecule has 0 atom stereocenters. The van der Waals surface area contributed by atoms with Crippen molar-refractivity contribution >= 4 is 17.2 Å². The highest BCUT2D eigenvalue weighted by molar-refractivity contribution is 7.09. The Morgan fingerprint density at radius 3 is 2.44 bits per heavy atom. The van der Waals surface area contributed by atoms with Gasteiger partial charge in [0.25, 0.3) is 0 Å². The molecule has 0 bridgehead atoms. The number of anilines is 1. The molecule has 2 rings (SSSR count). The van der Waals surface area contributed by atoms with Crippen molar-refractivity contribution in [1.82, 2.24) is 9.97 Å². The van der Waals surface area contributed by atoms with Crippen molar-refractivity contribution in [2.24, 2.45) is 0 Å². The van der Waals surface area contributed by atoms with E-state index in [9.17, 15) is 0 Å². The summed E-state index contributed by atoms with van der Waals surface area (Å²) >= 11 is 1.74. The summed E-state index contributed by atoms with van der Waals surface area (Å²) in [5, 5.41) is 0. The molecule has 0 aliphatic rings. The zero-order valence-corrected chi connectivity index (χ0v) is 12.8. The summed E-state index contributed by atoms with van der Waals surface area (Å²) in [5.41, 5.74) is 10.2. The van der Waals surface area contributed by atoms with Gasteiger partial charge in [-0.3, -0.25) is 0 Å². The third-order valence-corrected chi connectivity index (χ3v) is 3.67. The van der Waals surface area contributed by atoms with Crippen molar-refractivity contribution in [2.45, 2.75) is 27.3 Å². The van der Waals surface area contributed by atoms with E-state index in [2.05, 4.69) is 33.9 Å². The Hall–Kier alpha value is -0.910. The standard InChI is InChI=1S/C11H15N4S.2ClH/c1-7-8(2)16-6-15(7)5-10-4-13-9(3)14-11(10)12;;/h4,6H,5H2,1-3H3,(H2,12,13,14);2*1H/q+1;;/p-2. The van der Waals surface area contributed by atoms with Gasteiger partial charge < -0.3 is 30.5 Å². The van der Waals surface area contributed by atoms with Crippen LogP contribution in [0.4, 0.5) is 5.82 Å². The smallest absolute Gasteiger partial charge is 0.225 e. The average Bonchev–Trinajstić information content (AvgIpc) is 2.54. The number of nitrogens with zero attached hydrogens (tertiary/aromatic N) is 3. The lowest BCUT2D eigenvalue weighted by atomic mass is 10.3. The Bertz CT molecular complexity index is 528. The number of nitrogens with two attached hydrogens (primary N) is 1. The van der Waals surface area contributed by atoms with Crippen molar-refractivity contribution in [3.05, 3.63) is 33.7 Å². The molecule has 0 saturated heterocycles. The van der Waals surface area contributed by atoms with Crippen LogP contribution in [0.25, 0.3) is 0 Å². The number of hydrogen-bond donors (Lipinski definition) is 1. The van der Waals surface area contributed by atoms with Crippen LogP contribution in [-0.4, -0.2) is 9.97 Å². The summed E-state index contributed by atoms with van der Waals surface area (Å²) in [6, 6.07) is 0. The molecule has 0 aliphatic carbocycles. The monoisotopic (exact) mass is 305 g/mol. The highest BCUT2D eigenvalue weighted by Gasteiger charge is 2.14. The van der Waals surface area contributed by atoms with Crippen LogP contribution in [-0.2, 0) is 6.54 Å². The van der Waals surface area contributed by atoms with E-state index in [1.54, 1.807) is 17.5 Å². The summed E-state index contributed by atoms with van der Waals surface area (Å²) in [7, 11) is 0.